The van der Waals surface area contributed by atoms with E-state index in [0.29, 0.717) is 37.7 Å². The van der Waals surface area contributed by atoms with Crippen LogP contribution < -0.4 is 18.9 Å². The van der Waals surface area contributed by atoms with Crippen molar-refractivity contribution in [3.63, 3.8) is 0 Å². The molecule has 0 radical (unpaired) electrons. The Bertz CT molecular complexity index is 2450. The Kier molecular flexibility index (Phi) is 14.5. The van der Waals surface area contributed by atoms with Gasteiger partial charge in [0.25, 0.3) is 0 Å². The highest BCUT2D eigenvalue weighted by atomic mass is 32.2. The van der Waals surface area contributed by atoms with Gasteiger partial charge in [-0.3, -0.25) is 0 Å². The Labute approximate surface area is 386 Å². The van der Waals surface area contributed by atoms with Crippen LogP contribution in [0.2, 0.25) is 0 Å². The molecule has 0 amide bonds. The van der Waals surface area contributed by atoms with Crippen molar-refractivity contribution < 1.29 is 23.2 Å². The molecule has 3 aromatic rings. The lowest BCUT2D eigenvalue weighted by Crippen LogP contribution is -2.59. The highest BCUT2D eigenvalue weighted by Gasteiger charge is 2.58. The van der Waals surface area contributed by atoms with E-state index < -0.39 is 22.0 Å². The largest absolute Gasteiger partial charge is 0.480 e. The fourth-order valence-electron chi connectivity index (χ4n) is 9.46. The van der Waals surface area contributed by atoms with Crippen LogP contribution in [0, 0.1) is 0 Å². The number of hydrogen-bond acceptors (Lipinski definition) is 6. The lowest BCUT2D eigenvalue weighted by Gasteiger charge is -2.49. The van der Waals surface area contributed by atoms with Gasteiger partial charge in [-0.25, -0.2) is 4.21 Å². The minimum Gasteiger partial charge on any atom is -0.480 e. The standard InChI is InChI=1S/C48H50O5S2.2C4H10/c1-11-18-31(19-12-2)55(49)41-23-22-40(54-30-20-16-15-17-21-30)42-43(41)51-36-24-32-34(26-37(36)50-42)48(28-44(32,5)6)29-45(7,8)33-25-38-39(27-35(33)48)53-47(10,14-4)46(9,13-3)52-38;2*1-3-4-2/h11-12,15-21,24-27H,1,13-14,28-29H2,2-10H3;2*3-4H2,1-2H3/b19-12-,31-18+;;. The number of benzene rings is 3. The predicted octanol–water partition coefficient (Wildman–Crippen LogP) is 15.8. The molecule has 4 unspecified atom stereocenters. The molecule has 63 heavy (non-hydrogen) atoms. The van der Waals surface area contributed by atoms with E-state index in [2.05, 4.69) is 125 Å². The zero-order valence-corrected chi connectivity index (χ0v) is 41.9. The summed E-state index contributed by atoms with van der Waals surface area (Å²) in [7, 11) is -1.63. The lowest BCUT2D eigenvalue weighted by atomic mass is 9.72. The zero-order chi connectivity index (χ0) is 46.0. The van der Waals surface area contributed by atoms with Crippen LogP contribution in [0.15, 0.2) is 128 Å². The van der Waals surface area contributed by atoms with Gasteiger partial charge in [-0.05, 0) is 140 Å². The fourth-order valence-corrected chi connectivity index (χ4v) is 11.5. The molecule has 0 saturated carbocycles. The van der Waals surface area contributed by atoms with Gasteiger partial charge < -0.3 is 18.9 Å². The summed E-state index contributed by atoms with van der Waals surface area (Å²) in [5.74, 6) is 3.76. The number of thioether (sulfide) groups is 1. The van der Waals surface area contributed by atoms with Crippen molar-refractivity contribution in [2.75, 3.05) is 0 Å². The minimum atomic E-state index is -1.63. The van der Waals surface area contributed by atoms with Crippen molar-refractivity contribution in [2.45, 2.75) is 174 Å². The SMILES string of the molecule is C=C/C=C(\C=C/C)S(=O)C1=C=C=C(Sc2ccccc2)C2=C1Oc1cc3c(cc1O2)C1(CC3(C)C)CC(C)(C)c2cc3c(cc21)OC(C)(CC)C(C)(CC)O3.CCCC.CCCC. The maximum atomic E-state index is 14.2. The molecule has 5 aliphatic rings. The summed E-state index contributed by atoms with van der Waals surface area (Å²) in [5.41, 5.74) is 10.1. The summed E-state index contributed by atoms with van der Waals surface area (Å²) in [5, 5.41) is 0. The molecule has 2 aliphatic heterocycles. The van der Waals surface area contributed by atoms with Gasteiger partial charge in [0.2, 0.25) is 0 Å². The van der Waals surface area contributed by atoms with Gasteiger partial charge in [0.05, 0.1) is 10.8 Å². The fraction of sp³-hybridized carbons (Fsp3) is 0.464. The average molecular weight is 887 g/mol. The topological polar surface area (TPSA) is 54.0 Å². The molecule has 4 atom stereocenters. The van der Waals surface area contributed by atoms with E-state index in [1.807, 2.05) is 49.4 Å². The van der Waals surface area contributed by atoms with Crippen molar-refractivity contribution in [2.24, 2.45) is 0 Å². The number of rotatable bonds is 10. The third-order valence-corrected chi connectivity index (χ3v) is 15.9. The first-order valence-corrected chi connectivity index (χ1v) is 25.1. The summed E-state index contributed by atoms with van der Waals surface area (Å²) >= 11 is 1.52. The smallest absolute Gasteiger partial charge is 0.196 e. The third kappa shape index (κ3) is 8.89. The van der Waals surface area contributed by atoms with Crippen LogP contribution in [0.1, 0.15) is 164 Å². The molecular weight excluding hydrogens is 817 g/mol. The minimum absolute atomic E-state index is 0.119. The Morgan fingerprint density at radius 3 is 1.65 bits per heavy atom. The Balaban J connectivity index is 0.000000763. The highest BCUT2D eigenvalue weighted by Crippen LogP contribution is 2.66. The van der Waals surface area contributed by atoms with E-state index in [9.17, 15) is 4.21 Å². The molecule has 0 fully saturated rings. The van der Waals surface area contributed by atoms with Gasteiger partial charge in [-0.15, -0.1) is 0 Å². The normalized spacial score (nSPS) is 24.6. The number of ether oxygens (including phenoxy) is 4. The molecular formula is C56H70O5S2. The number of allylic oxidation sites excluding steroid dienone is 4. The van der Waals surface area contributed by atoms with Crippen LogP contribution in [0.3, 0.4) is 0 Å². The molecule has 2 heterocycles. The molecule has 8 rings (SSSR count). The maximum absolute atomic E-state index is 14.2. The third-order valence-electron chi connectivity index (χ3n) is 13.6. The van der Waals surface area contributed by atoms with Gasteiger partial charge in [0.1, 0.15) is 21.0 Å². The molecule has 336 valence electrons. The second kappa shape index (κ2) is 19.0. The first-order valence-electron chi connectivity index (χ1n) is 23.2. The first-order chi connectivity index (χ1) is 29.9. The zero-order valence-electron chi connectivity index (χ0n) is 40.2. The summed E-state index contributed by atoms with van der Waals surface area (Å²) in [6.07, 6.45) is 15.9. The van der Waals surface area contributed by atoms with Crippen molar-refractivity contribution in [1.29, 1.82) is 0 Å². The molecule has 0 aromatic heterocycles. The molecule has 3 aromatic carbocycles. The summed E-state index contributed by atoms with van der Waals surface area (Å²) < 4.78 is 41.8. The van der Waals surface area contributed by atoms with Crippen LogP contribution in [-0.4, -0.2) is 15.4 Å². The van der Waals surface area contributed by atoms with Crippen LogP contribution in [0.5, 0.6) is 23.0 Å². The van der Waals surface area contributed by atoms with Crippen LogP contribution in [0.25, 0.3) is 0 Å². The number of hydrogen-bond donors (Lipinski definition) is 0. The van der Waals surface area contributed by atoms with Crippen LogP contribution in [0.4, 0.5) is 0 Å². The molecule has 1 spiro atoms. The Morgan fingerprint density at radius 2 is 1.17 bits per heavy atom. The van der Waals surface area contributed by atoms with Gasteiger partial charge in [0.15, 0.2) is 34.5 Å². The number of fused-ring (bicyclic) bond motifs is 6. The number of unbranched alkanes of at least 4 members (excludes halogenated alkanes) is 2. The van der Waals surface area contributed by atoms with E-state index in [1.165, 1.54) is 59.7 Å². The second-order valence-corrected chi connectivity index (χ2v) is 21.5. The van der Waals surface area contributed by atoms with Crippen molar-refractivity contribution in [3.8, 4) is 23.0 Å². The summed E-state index contributed by atoms with van der Waals surface area (Å²) in [6.45, 7) is 32.5. The Morgan fingerprint density at radius 1 is 0.698 bits per heavy atom. The van der Waals surface area contributed by atoms with Gasteiger partial charge in [-0.1, -0.05) is 144 Å². The molecule has 0 N–H and O–H groups in total. The maximum Gasteiger partial charge on any atom is 0.196 e. The van der Waals surface area contributed by atoms with E-state index >= 15 is 0 Å². The second-order valence-electron chi connectivity index (χ2n) is 19.0. The van der Waals surface area contributed by atoms with Crippen molar-refractivity contribution in [3.05, 3.63) is 145 Å². The predicted molar refractivity (Wildman–Crippen MR) is 265 cm³/mol. The van der Waals surface area contributed by atoms with Gasteiger partial charge >= 0.3 is 0 Å². The first kappa shape index (κ1) is 48.1. The van der Waals surface area contributed by atoms with Crippen LogP contribution >= 0.6 is 11.8 Å². The van der Waals surface area contributed by atoms with Gasteiger partial charge in [-0.2, -0.15) is 0 Å². The molecule has 5 nitrogen and oxygen atoms in total. The molecule has 0 saturated heterocycles. The van der Waals surface area contributed by atoms with E-state index in [4.69, 9.17) is 18.9 Å². The van der Waals surface area contributed by atoms with E-state index in [0.717, 1.165) is 42.1 Å². The average Bonchev–Trinajstić information content (AvgIpc) is 3.62. The Hall–Kier alpha value is -4.38. The molecule has 3 aliphatic carbocycles. The van der Waals surface area contributed by atoms with E-state index in [-0.39, 0.29) is 16.2 Å². The molecule has 7 heteroatoms. The lowest BCUT2D eigenvalue weighted by molar-refractivity contribution is -0.125. The van der Waals surface area contributed by atoms with Gasteiger partial charge in [0, 0.05) is 15.2 Å². The highest BCUT2D eigenvalue weighted by molar-refractivity contribution is 8.03. The summed E-state index contributed by atoms with van der Waals surface area (Å²) in [4.78, 5) is 2.68. The monoisotopic (exact) mass is 886 g/mol. The quantitative estimate of drug-likeness (QED) is 0.149. The summed E-state index contributed by atoms with van der Waals surface area (Å²) in [6, 6.07) is 19.0. The molecule has 0 bridgehead atoms. The van der Waals surface area contributed by atoms with Crippen LogP contribution in [-0.2, 0) is 27.0 Å². The van der Waals surface area contributed by atoms with Crippen molar-refractivity contribution in [1.82, 2.24) is 0 Å². The van der Waals surface area contributed by atoms with E-state index in [1.54, 1.807) is 12.2 Å². The van der Waals surface area contributed by atoms with Crippen molar-refractivity contribution >= 4 is 22.6 Å².